The summed E-state index contributed by atoms with van der Waals surface area (Å²) in [6, 6.07) is 4.90. The molecule has 9 heteroatoms. The van der Waals surface area contributed by atoms with E-state index in [4.69, 9.17) is 5.73 Å². The lowest BCUT2D eigenvalue weighted by molar-refractivity contribution is -0.137. The zero-order chi connectivity index (χ0) is 16.3. The summed E-state index contributed by atoms with van der Waals surface area (Å²) < 4.78 is 38.1. The first-order valence-electron chi connectivity index (χ1n) is 6.45. The van der Waals surface area contributed by atoms with Crippen LogP contribution >= 0.6 is 23.7 Å². The van der Waals surface area contributed by atoms with E-state index >= 15 is 0 Å². The van der Waals surface area contributed by atoms with E-state index in [-0.39, 0.29) is 30.8 Å². The molecule has 126 valence electrons. The first-order valence-corrected chi connectivity index (χ1v) is 7.33. The van der Waals surface area contributed by atoms with Crippen LogP contribution in [0.4, 0.5) is 18.3 Å². The molecule has 1 atom stereocenters. The van der Waals surface area contributed by atoms with Crippen molar-refractivity contribution in [3.8, 4) is 11.3 Å². The van der Waals surface area contributed by atoms with Crippen molar-refractivity contribution in [3.63, 3.8) is 0 Å². The summed E-state index contributed by atoms with van der Waals surface area (Å²) in [5, 5.41) is 4.52. The molecule has 0 aliphatic heterocycles. The van der Waals surface area contributed by atoms with Crippen LogP contribution in [0.5, 0.6) is 0 Å². The summed E-state index contributed by atoms with van der Waals surface area (Å²) in [5.41, 5.74) is 5.39. The van der Waals surface area contributed by atoms with Gasteiger partial charge in [0.1, 0.15) is 0 Å². The highest BCUT2D eigenvalue weighted by molar-refractivity contribution is 7.14. The third kappa shape index (κ3) is 4.92. The third-order valence-electron chi connectivity index (χ3n) is 3.02. The van der Waals surface area contributed by atoms with Crippen LogP contribution in [0.15, 0.2) is 29.6 Å². The molecular formula is C14H15ClF3N3OS. The monoisotopic (exact) mass is 365 g/mol. The van der Waals surface area contributed by atoms with Crippen molar-refractivity contribution in [1.29, 1.82) is 0 Å². The lowest BCUT2D eigenvalue weighted by Gasteiger charge is -2.08. The highest BCUT2D eigenvalue weighted by atomic mass is 35.5. The molecule has 0 fully saturated rings. The normalized spacial score (nSPS) is 12.4. The minimum absolute atomic E-state index is 0. The summed E-state index contributed by atoms with van der Waals surface area (Å²) in [6.45, 7) is 1.88. The number of anilines is 1. The fourth-order valence-corrected chi connectivity index (χ4v) is 2.38. The van der Waals surface area contributed by atoms with E-state index in [0.29, 0.717) is 16.4 Å². The van der Waals surface area contributed by atoms with E-state index in [2.05, 4.69) is 10.3 Å². The number of hydrogen-bond acceptors (Lipinski definition) is 4. The SMILES string of the molecule is CC(CN)C(=O)Nc1nc(-c2cccc(C(F)(F)F)c2)cs1.Cl. The zero-order valence-electron chi connectivity index (χ0n) is 12.1. The highest BCUT2D eigenvalue weighted by Crippen LogP contribution is 2.33. The highest BCUT2D eigenvalue weighted by Gasteiger charge is 2.30. The Morgan fingerprint density at radius 2 is 2.13 bits per heavy atom. The first kappa shape index (κ1) is 19.4. The zero-order valence-corrected chi connectivity index (χ0v) is 13.7. The maximum absolute atomic E-state index is 12.7. The second-order valence-corrected chi connectivity index (χ2v) is 5.60. The summed E-state index contributed by atoms with van der Waals surface area (Å²) in [5.74, 6) is -0.631. The number of hydrogen-bond donors (Lipinski definition) is 2. The Bertz CT molecular complexity index is 675. The number of alkyl halides is 3. The number of amides is 1. The van der Waals surface area contributed by atoms with Gasteiger partial charge in [0.15, 0.2) is 5.13 Å². The average Bonchev–Trinajstić information content (AvgIpc) is 2.94. The number of halogens is 4. The topological polar surface area (TPSA) is 68.0 Å². The summed E-state index contributed by atoms with van der Waals surface area (Å²) >= 11 is 1.15. The molecule has 2 rings (SSSR count). The molecule has 0 aliphatic carbocycles. The fourth-order valence-electron chi connectivity index (χ4n) is 1.65. The third-order valence-corrected chi connectivity index (χ3v) is 3.78. The summed E-state index contributed by atoms with van der Waals surface area (Å²) in [7, 11) is 0. The number of nitrogens with zero attached hydrogens (tertiary/aromatic N) is 1. The van der Waals surface area contributed by atoms with E-state index in [0.717, 1.165) is 23.5 Å². The molecule has 1 heterocycles. The number of carbonyl (C=O) groups is 1. The molecule has 0 saturated heterocycles. The van der Waals surface area contributed by atoms with Crippen molar-refractivity contribution >= 4 is 34.8 Å². The smallest absolute Gasteiger partial charge is 0.330 e. The van der Waals surface area contributed by atoms with Crippen LogP contribution in [-0.4, -0.2) is 17.4 Å². The number of aromatic nitrogens is 1. The molecule has 1 aromatic heterocycles. The second kappa shape index (κ2) is 7.76. The molecule has 1 amide bonds. The van der Waals surface area contributed by atoms with Crippen molar-refractivity contribution in [1.82, 2.24) is 4.98 Å². The van der Waals surface area contributed by atoms with Crippen molar-refractivity contribution in [2.45, 2.75) is 13.1 Å². The van der Waals surface area contributed by atoms with Gasteiger partial charge in [0.25, 0.3) is 0 Å². The van der Waals surface area contributed by atoms with E-state index in [1.54, 1.807) is 18.4 Å². The first-order chi connectivity index (χ1) is 10.3. The van der Waals surface area contributed by atoms with Crippen LogP contribution in [-0.2, 0) is 11.0 Å². The fraction of sp³-hybridized carbons (Fsp3) is 0.286. The second-order valence-electron chi connectivity index (χ2n) is 4.74. The lowest BCUT2D eigenvalue weighted by atomic mass is 10.1. The van der Waals surface area contributed by atoms with E-state index < -0.39 is 11.7 Å². The van der Waals surface area contributed by atoms with E-state index in [9.17, 15) is 18.0 Å². The van der Waals surface area contributed by atoms with Crippen molar-refractivity contribution in [2.75, 3.05) is 11.9 Å². The van der Waals surface area contributed by atoms with Crippen molar-refractivity contribution in [2.24, 2.45) is 11.7 Å². The molecule has 1 unspecified atom stereocenters. The van der Waals surface area contributed by atoms with Crippen LogP contribution in [0.3, 0.4) is 0 Å². The maximum atomic E-state index is 12.7. The van der Waals surface area contributed by atoms with Crippen LogP contribution < -0.4 is 11.1 Å². The van der Waals surface area contributed by atoms with Crippen LogP contribution in [0.2, 0.25) is 0 Å². The average molecular weight is 366 g/mol. The van der Waals surface area contributed by atoms with Gasteiger partial charge >= 0.3 is 6.18 Å². The molecule has 0 aliphatic rings. The van der Waals surface area contributed by atoms with Gasteiger partial charge < -0.3 is 11.1 Å². The van der Waals surface area contributed by atoms with E-state index in [1.165, 1.54) is 6.07 Å². The number of nitrogens with one attached hydrogen (secondary N) is 1. The molecular weight excluding hydrogens is 351 g/mol. The van der Waals surface area contributed by atoms with Gasteiger partial charge in [-0.15, -0.1) is 23.7 Å². The standard InChI is InChI=1S/C14H14F3N3OS.ClH/c1-8(6-18)12(21)20-13-19-11(7-22-13)9-3-2-4-10(5-9)14(15,16)17;/h2-5,7-8H,6,18H2,1H3,(H,19,20,21);1H. The number of rotatable bonds is 4. The number of thiazole rings is 1. The largest absolute Gasteiger partial charge is 0.416 e. The Labute approximate surface area is 141 Å². The Hall–Kier alpha value is -1.64. The van der Waals surface area contributed by atoms with Gasteiger partial charge in [-0.05, 0) is 12.1 Å². The number of benzene rings is 1. The van der Waals surface area contributed by atoms with Gasteiger partial charge in [0, 0.05) is 23.4 Å². The van der Waals surface area contributed by atoms with Gasteiger partial charge in [-0.25, -0.2) is 4.98 Å². The molecule has 4 nitrogen and oxygen atoms in total. The molecule has 0 radical (unpaired) electrons. The molecule has 3 N–H and O–H groups in total. The van der Waals surface area contributed by atoms with Gasteiger partial charge in [-0.2, -0.15) is 13.2 Å². The van der Waals surface area contributed by atoms with E-state index in [1.807, 2.05) is 0 Å². The van der Waals surface area contributed by atoms with Crippen LogP contribution in [0, 0.1) is 5.92 Å². The van der Waals surface area contributed by atoms with Gasteiger partial charge in [0.05, 0.1) is 11.3 Å². The predicted octanol–water partition coefficient (Wildman–Crippen LogP) is 3.78. The minimum atomic E-state index is -4.40. The molecule has 0 spiro atoms. The molecule has 0 bridgehead atoms. The Morgan fingerprint density at radius 1 is 1.43 bits per heavy atom. The van der Waals surface area contributed by atoms with Gasteiger partial charge in [-0.1, -0.05) is 19.1 Å². The minimum Gasteiger partial charge on any atom is -0.330 e. The van der Waals surface area contributed by atoms with Gasteiger partial charge in [0.2, 0.25) is 5.91 Å². The lowest BCUT2D eigenvalue weighted by Crippen LogP contribution is -2.26. The van der Waals surface area contributed by atoms with Crippen molar-refractivity contribution < 1.29 is 18.0 Å². The van der Waals surface area contributed by atoms with Crippen LogP contribution in [0.25, 0.3) is 11.3 Å². The van der Waals surface area contributed by atoms with Crippen molar-refractivity contribution in [3.05, 3.63) is 35.2 Å². The molecule has 1 aromatic carbocycles. The van der Waals surface area contributed by atoms with Gasteiger partial charge in [-0.3, -0.25) is 4.79 Å². The molecule has 2 aromatic rings. The number of carbonyl (C=O) groups excluding carboxylic acids is 1. The number of nitrogens with two attached hydrogens (primary N) is 1. The molecule has 0 saturated carbocycles. The Kier molecular flexibility index (Phi) is 6.55. The van der Waals surface area contributed by atoms with Crippen LogP contribution in [0.1, 0.15) is 12.5 Å². The Morgan fingerprint density at radius 3 is 2.74 bits per heavy atom. The summed E-state index contributed by atoms with van der Waals surface area (Å²) in [4.78, 5) is 15.8. The predicted molar refractivity (Wildman–Crippen MR) is 86.6 cm³/mol. The molecule has 23 heavy (non-hydrogen) atoms. The Balaban J connectivity index is 0.00000264. The maximum Gasteiger partial charge on any atom is 0.416 e. The quantitative estimate of drug-likeness (QED) is 0.866. The summed E-state index contributed by atoms with van der Waals surface area (Å²) in [6.07, 6.45) is -4.40.